The van der Waals surface area contributed by atoms with Crippen molar-refractivity contribution in [2.24, 2.45) is 0 Å². The van der Waals surface area contributed by atoms with Crippen molar-refractivity contribution in [2.45, 2.75) is 31.8 Å². The van der Waals surface area contributed by atoms with Gasteiger partial charge in [-0.05, 0) is 55.5 Å². The molecule has 0 radical (unpaired) electrons. The molecule has 0 saturated heterocycles. The first kappa shape index (κ1) is 18.7. The zero-order valence-corrected chi connectivity index (χ0v) is 16.7. The van der Waals surface area contributed by atoms with Gasteiger partial charge >= 0.3 is 0 Å². The van der Waals surface area contributed by atoms with Crippen molar-refractivity contribution in [3.63, 3.8) is 0 Å². The number of benzene rings is 2. The van der Waals surface area contributed by atoms with Crippen molar-refractivity contribution in [2.75, 3.05) is 16.9 Å². The first-order valence-electron chi connectivity index (χ1n) is 9.41. The van der Waals surface area contributed by atoms with E-state index in [4.69, 9.17) is 0 Å². The summed E-state index contributed by atoms with van der Waals surface area (Å²) >= 11 is 1.60. The number of hydrogen-bond acceptors (Lipinski definition) is 4. The predicted octanol–water partition coefficient (Wildman–Crippen LogP) is 3.38. The zero-order chi connectivity index (χ0) is 19.8. The Morgan fingerprint density at radius 1 is 1.07 bits per heavy atom. The summed E-state index contributed by atoms with van der Waals surface area (Å²) < 4.78 is 0. The van der Waals surface area contributed by atoms with Gasteiger partial charge in [-0.25, -0.2) is 0 Å². The molecule has 6 heteroatoms. The Kier molecular flexibility index (Phi) is 4.98. The van der Waals surface area contributed by atoms with Gasteiger partial charge < -0.3 is 4.90 Å². The molecule has 0 fully saturated rings. The molecule has 28 heavy (non-hydrogen) atoms. The molecule has 0 bridgehead atoms. The minimum atomic E-state index is -0.798. The van der Waals surface area contributed by atoms with E-state index in [0.29, 0.717) is 23.3 Å². The van der Waals surface area contributed by atoms with Crippen LogP contribution in [0.5, 0.6) is 0 Å². The lowest BCUT2D eigenvalue weighted by molar-refractivity contribution is -0.122. The van der Waals surface area contributed by atoms with Crippen LogP contribution < -0.4 is 4.90 Å². The van der Waals surface area contributed by atoms with E-state index in [9.17, 15) is 14.4 Å². The molecule has 2 unspecified atom stereocenters. The maximum atomic E-state index is 13.6. The summed E-state index contributed by atoms with van der Waals surface area (Å²) in [7, 11) is 0. The average molecular weight is 394 g/mol. The van der Waals surface area contributed by atoms with Crippen molar-refractivity contribution >= 4 is 35.2 Å². The fourth-order valence-corrected chi connectivity index (χ4v) is 4.60. The van der Waals surface area contributed by atoms with Gasteiger partial charge in [-0.3, -0.25) is 19.3 Å². The van der Waals surface area contributed by atoms with Crippen LogP contribution >= 0.6 is 11.8 Å². The second-order valence-electron chi connectivity index (χ2n) is 7.21. The first-order valence-corrected chi connectivity index (χ1v) is 10.8. The van der Waals surface area contributed by atoms with Crippen molar-refractivity contribution in [3.05, 3.63) is 65.2 Å². The third-order valence-electron chi connectivity index (χ3n) is 5.46. The lowest BCUT2D eigenvalue weighted by Crippen LogP contribution is -2.52. The SMILES string of the molecule is CSCCC(C(=O)N1c2ccccc2CC1C)N1C(=O)c2ccccc2C1=O. The van der Waals surface area contributed by atoms with Gasteiger partial charge in [0.2, 0.25) is 0 Å². The third-order valence-corrected chi connectivity index (χ3v) is 6.11. The van der Waals surface area contributed by atoms with Crippen molar-refractivity contribution in [1.29, 1.82) is 0 Å². The standard InChI is InChI=1S/C22H22N2O3S/c1-14-13-15-7-3-6-10-18(15)23(14)22(27)19(11-12-28-2)24-20(25)16-8-4-5-9-17(16)21(24)26/h3-10,14,19H,11-13H2,1-2H3. The molecule has 3 amide bonds. The summed E-state index contributed by atoms with van der Waals surface area (Å²) in [4.78, 5) is 42.5. The Morgan fingerprint density at radius 2 is 1.68 bits per heavy atom. The van der Waals surface area contributed by atoms with Gasteiger partial charge in [-0.15, -0.1) is 0 Å². The van der Waals surface area contributed by atoms with Crippen molar-refractivity contribution in [3.8, 4) is 0 Å². The molecule has 5 nitrogen and oxygen atoms in total. The summed E-state index contributed by atoms with van der Waals surface area (Å²) in [5.74, 6) is -0.241. The van der Waals surface area contributed by atoms with Gasteiger partial charge in [-0.1, -0.05) is 30.3 Å². The van der Waals surface area contributed by atoms with Gasteiger partial charge in [0.1, 0.15) is 6.04 Å². The number of fused-ring (bicyclic) bond motifs is 2. The summed E-state index contributed by atoms with van der Waals surface area (Å²) in [5.41, 5.74) is 2.76. The van der Waals surface area contributed by atoms with Gasteiger partial charge in [0.15, 0.2) is 0 Å². The number of imide groups is 1. The Bertz CT molecular complexity index is 923. The Morgan fingerprint density at radius 3 is 2.32 bits per heavy atom. The number of para-hydroxylation sites is 1. The molecule has 2 aromatic carbocycles. The molecule has 144 valence electrons. The van der Waals surface area contributed by atoms with Crippen LogP contribution in [0.3, 0.4) is 0 Å². The zero-order valence-electron chi connectivity index (χ0n) is 15.9. The molecule has 2 aromatic rings. The second kappa shape index (κ2) is 7.43. The van der Waals surface area contributed by atoms with Crippen LogP contribution in [0.4, 0.5) is 5.69 Å². The van der Waals surface area contributed by atoms with Crippen LogP contribution in [-0.4, -0.2) is 46.7 Å². The van der Waals surface area contributed by atoms with E-state index < -0.39 is 6.04 Å². The normalized spacial score (nSPS) is 19.0. The maximum Gasteiger partial charge on any atom is 0.262 e. The number of thioether (sulfide) groups is 1. The van der Waals surface area contributed by atoms with E-state index in [-0.39, 0.29) is 23.8 Å². The molecule has 0 aromatic heterocycles. The molecule has 0 spiro atoms. The number of hydrogen-bond donors (Lipinski definition) is 0. The molecule has 0 aliphatic carbocycles. The third kappa shape index (κ3) is 2.92. The van der Waals surface area contributed by atoms with Crippen LogP contribution in [0.2, 0.25) is 0 Å². The topological polar surface area (TPSA) is 57.7 Å². The van der Waals surface area contributed by atoms with E-state index >= 15 is 0 Å². The minimum absolute atomic E-state index is 0.00291. The fraction of sp³-hybridized carbons (Fsp3) is 0.318. The monoisotopic (exact) mass is 394 g/mol. The number of carbonyl (C=O) groups excluding carboxylic acids is 3. The highest BCUT2D eigenvalue weighted by atomic mass is 32.2. The molecule has 2 aliphatic rings. The highest BCUT2D eigenvalue weighted by Crippen LogP contribution is 2.34. The molecule has 2 aliphatic heterocycles. The van der Waals surface area contributed by atoms with Crippen molar-refractivity contribution in [1.82, 2.24) is 4.90 Å². The lowest BCUT2D eigenvalue weighted by atomic mass is 10.1. The summed E-state index contributed by atoms with van der Waals surface area (Å²) in [5, 5.41) is 0. The van der Waals surface area contributed by atoms with Gasteiger partial charge in [0.25, 0.3) is 17.7 Å². The highest BCUT2D eigenvalue weighted by Gasteiger charge is 2.45. The number of nitrogens with zero attached hydrogens (tertiary/aromatic N) is 2. The van der Waals surface area contributed by atoms with Gasteiger partial charge in [0, 0.05) is 11.7 Å². The summed E-state index contributed by atoms with van der Waals surface area (Å²) in [6.07, 6.45) is 3.17. The van der Waals surface area contributed by atoms with E-state index in [1.807, 2.05) is 37.4 Å². The minimum Gasteiger partial charge on any atom is -0.307 e. The maximum absolute atomic E-state index is 13.6. The second-order valence-corrected chi connectivity index (χ2v) is 8.20. The molecule has 2 atom stereocenters. The first-order chi connectivity index (χ1) is 13.5. The van der Waals surface area contributed by atoms with E-state index in [1.165, 1.54) is 4.90 Å². The van der Waals surface area contributed by atoms with Crippen LogP contribution in [0.25, 0.3) is 0 Å². The van der Waals surface area contributed by atoms with Crippen LogP contribution in [-0.2, 0) is 11.2 Å². The van der Waals surface area contributed by atoms with E-state index in [2.05, 4.69) is 0 Å². The molecule has 0 saturated carbocycles. The van der Waals surface area contributed by atoms with E-state index in [0.717, 1.165) is 17.7 Å². The molecule has 2 heterocycles. The largest absolute Gasteiger partial charge is 0.307 e. The van der Waals surface area contributed by atoms with Crippen LogP contribution in [0.15, 0.2) is 48.5 Å². The van der Waals surface area contributed by atoms with Crippen LogP contribution in [0, 0.1) is 0 Å². The summed E-state index contributed by atoms with van der Waals surface area (Å²) in [6.45, 7) is 2.01. The smallest absolute Gasteiger partial charge is 0.262 e. The van der Waals surface area contributed by atoms with Gasteiger partial charge in [-0.2, -0.15) is 11.8 Å². The lowest BCUT2D eigenvalue weighted by Gasteiger charge is -2.32. The fourth-order valence-electron chi connectivity index (χ4n) is 4.15. The highest BCUT2D eigenvalue weighted by molar-refractivity contribution is 7.98. The molecule has 4 rings (SSSR count). The molecular weight excluding hydrogens is 372 g/mol. The van der Waals surface area contributed by atoms with E-state index in [1.54, 1.807) is 40.9 Å². The molecular formula is C22H22N2O3S. The number of rotatable bonds is 5. The Balaban J connectivity index is 1.71. The number of amides is 3. The predicted molar refractivity (Wildman–Crippen MR) is 111 cm³/mol. The number of anilines is 1. The Labute approximate surface area is 168 Å². The number of carbonyl (C=O) groups is 3. The van der Waals surface area contributed by atoms with Crippen molar-refractivity contribution < 1.29 is 14.4 Å². The average Bonchev–Trinajstić information content (AvgIpc) is 3.17. The van der Waals surface area contributed by atoms with Crippen LogP contribution in [0.1, 0.15) is 39.6 Å². The molecule has 0 N–H and O–H groups in total. The quantitative estimate of drug-likeness (QED) is 0.730. The Hall–Kier alpha value is -2.60. The summed E-state index contributed by atoms with van der Waals surface area (Å²) in [6, 6.07) is 13.8. The van der Waals surface area contributed by atoms with Gasteiger partial charge in [0.05, 0.1) is 11.1 Å².